The second kappa shape index (κ2) is 6.01. The second-order valence-corrected chi connectivity index (χ2v) is 6.67. The van der Waals surface area contributed by atoms with E-state index < -0.39 is 0 Å². The van der Waals surface area contributed by atoms with Crippen LogP contribution in [0.1, 0.15) is 22.3 Å². The third-order valence-electron chi connectivity index (χ3n) is 3.86. The first-order chi connectivity index (χ1) is 10.5. The molecule has 0 unspecified atom stereocenters. The smallest absolute Gasteiger partial charge is 0.336 e. The fourth-order valence-corrected chi connectivity index (χ4v) is 3.29. The van der Waals surface area contributed by atoms with Crippen molar-refractivity contribution in [2.45, 2.75) is 31.4 Å². The number of benzene rings is 2. The number of aryl methyl sites for hydroxylation is 3. The van der Waals surface area contributed by atoms with E-state index in [4.69, 9.17) is 4.42 Å². The Kier molecular flexibility index (Phi) is 4.08. The van der Waals surface area contributed by atoms with Crippen molar-refractivity contribution in [3.8, 4) is 0 Å². The van der Waals surface area contributed by atoms with Crippen LogP contribution in [0.25, 0.3) is 11.0 Å². The van der Waals surface area contributed by atoms with Crippen molar-refractivity contribution in [1.29, 1.82) is 0 Å². The van der Waals surface area contributed by atoms with Crippen LogP contribution in [0.4, 0.5) is 0 Å². The van der Waals surface area contributed by atoms with Gasteiger partial charge in [0.15, 0.2) is 0 Å². The van der Waals surface area contributed by atoms with Crippen molar-refractivity contribution in [3.05, 3.63) is 75.1 Å². The molecule has 0 spiro atoms. The van der Waals surface area contributed by atoms with Crippen LogP contribution in [0.2, 0.25) is 0 Å². The molecule has 3 rings (SSSR count). The molecular weight excluding hydrogens is 292 g/mol. The highest BCUT2D eigenvalue weighted by molar-refractivity contribution is 7.98. The van der Waals surface area contributed by atoms with Crippen LogP contribution >= 0.6 is 11.8 Å². The molecule has 0 fully saturated rings. The van der Waals surface area contributed by atoms with E-state index in [0.29, 0.717) is 5.58 Å². The molecular formula is C19H18O2S. The Morgan fingerprint density at radius 1 is 0.955 bits per heavy atom. The zero-order valence-corrected chi connectivity index (χ0v) is 13.8. The van der Waals surface area contributed by atoms with Gasteiger partial charge in [-0.2, -0.15) is 0 Å². The van der Waals surface area contributed by atoms with E-state index in [-0.39, 0.29) is 5.63 Å². The van der Waals surface area contributed by atoms with E-state index in [1.54, 1.807) is 17.8 Å². The van der Waals surface area contributed by atoms with Crippen LogP contribution in [0.5, 0.6) is 0 Å². The summed E-state index contributed by atoms with van der Waals surface area (Å²) in [6.45, 7) is 6.19. The Morgan fingerprint density at radius 3 is 2.36 bits per heavy atom. The molecule has 1 aromatic heterocycles. The Morgan fingerprint density at radius 2 is 1.64 bits per heavy atom. The van der Waals surface area contributed by atoms with E-state index in [9.17, 15) is 4.79 Å². The molecule has 0 N–H and O–H groups in total. The minimum atomic E-state index is -0.282. The first-order valence-electron chi connectivity index (χ1n) is 7.26. The minimum Gasteiger partial charge on any atom is -0.423 e. The maximum atomic E-state index is 11.8. The molecule has 0 atom stereocenters. The molecule has 2 aromatic carbocycles. The van der Waals surface area contributed by atoms with Crippen molar-refractivity contribution < 1.29 is 4.42 Å². The molecule has 1 heterocycles. The summed E-state index contributed by atoms with van der Waals surface area (Å²) in [6, 6.07) is 14.1. The summed E-state index contributed by atoms with van der Waals surface area (Å²) < 4.78 is 5.34. The third kappa shape index (κ3) is 3.09. The summed E-state index contributed by atoms with van der Waals surface area (Å²) in [7, 11) is 0. The molecule has 0 amide bonds. The van der Waals surface area contributed by atoms with Gasteiger partial charge in [0, 0.05) is 22.1 Å². The zero-order valence-electron chi connectivity index (χ0n) is 13.0. The summed E-state index contributed by atoms with van der Waals surface area (Å²) >= 11 is 1.74. The SMILES string of the molecule is Cc1ccc(SCc2cc(=O)oc3cc(C)c(C)cc23)cc1. The quantitative estimate of drug-likeness (QED) is 0.503. The van der Waals surface area contributed by atoms with Crippen molar-refractivity contribution >= 4 is 22.7 Å². The maximum Gasteiger partial charge on any atom is 0.336 e. The van der Waals surface area contributed by atoms with E-state index in [1.807, 2.05) is 13.0 Å². The van der Waals surface area contributed by atoms with Gasteiger partial charge in [-0.3, -0.25) is 0 Å². The topological polar surface area (TPSA) is 30.2 Å². The lowest BCUT2D eigenvalue weighted by Crippen LogP contribution is -2.00. The monoisotopic (exact) mass is 310 g/mol. The maximum absolute atomic E-state index is 11.8. The number of thioether (sulfide) groups is 1. The van der Waals surface area contributed by atoms with Gasteiger partial charge in [0.25, 0.3) is 0 Å². The first kappa shape index (κ1) is 14.9. The van der Waals surface area contributed by atoms with Gasteiger partial charge in [-0.05, 0) is 61.7 Å². The van der Waals surface area contributed by atoms with E-state index in [0.717, 1.165) is 22.3 Å². The van der Waals surface area contributed by atoms with Crippen LogP contribution in [0, 0.1) is 20.8 Å². The molecule has 112 valence electrons. The minimum absolute atomic E-state index is 0.282. The molecule has 0 bridgehead atoms. The standard InChI is InChI=1S/C19H18O2S/c1-12-4-6-16(7-5-12)22-11-15-10-19(20)21-18-9-14(3)13(2)8-17(15)18/h4-10H,11H2,1-3H3. The average molecular weight is 310 g/mol. The van der Waals surface area contributed by atoms with Crippen molar-refractivity contribution in [2.75, 3.05) is 0 Å². The Balaban J connectivity index is 1.97. The largest absolute Gasteiger partial charge is 0.423 e. The summed E-state index contributed by atoms with van der Waals surface area (Å²) in [5, 5.41) is 1.03. The predicted octanol–water partition coefficient (Wildman–Crippen LogP) is 5.01. The number of fused-ring (bicyclic) bond motifs is 1. The molecule has 0 radical (unpaired) electrons. The molecule has 3 aromatic rings. The van der Waals surface area contributed by atoms with Crippen LogP contribution in [0.3, 0.4) is 0 Å². The van der Waals surface area contributed by atoms with Gasteiger partial charge in [-0.15, -0.1) is 11.8 Å². The van der Waals surface area contributed by atoms with E-state index in [1.165, 1.54) is 16.0 Å². The van der Waals surface area contributed by atoms with Gasteiger partial charge in [-0.25, -0.2) is 4.79 Å². The second-order valence-electron chi connectivity index (χ2n) is 5.63. The number of rotatable bonds is 3. The Hall–Kier alpha value is -2.00. The highest BCUT2D eigenvalue weighted by Crippen LogP contribution is 2.28. The van der Waals surface area contributed by atoms with Crippen molar-refractivity contribution in [3.63, 3.8) is 0 Å². The lowest BCUT2D eigenvalue weighted by Gasteiger charge is -2.08. The Labute approximate surface area is 134 Å². The summed E-state index contributed by atoms with van der Waals surface area (Å²) in [4.78, 5) is 13.0. The summed E-state index contributed by atoms with van der Waals surface area (Å²) in [6.07, 6.45) is 0. The van der Waals surface area contributed by atoms with E-state index in [2.05, 4.69) is 44.2 Å². The molecule has 22 heavy (non-hydrogen) atoms. The van der Waals surface area contributed by atoms with Gasteiger partial charge in [0.1, 0.15) is 5.58 Å². The molecule has 3 heteroatoms. The first-order valence-corrected chi connectivity index (χ1v) is 8.25. The highest BCUT2D eigenvalue weighted by Gasteiger charge is 2.08. The fraction of sp³-hybridized carbons (Fsp3) is 0.211. The van der Waals surface area contributed by atoms with Crippen molar-refractivity contribution in [2.24, 2.45) is 0 Å². The molecule has 2 nitrogen and oxygen atoms in total. The van der Waals surface area contributed by atoms with Crippen molar-refractivity contribution in [1.82, 2.24) is 0 Å². The molecule has 0 aliphatic heterocycles. The highest BCUT2D eigenvalue weighted by atomic mass is 32.2. The number of hydrogen-bond acceptors (Lipinski definition) is 3. The van der Waals surface area contributed by atoms with E-state index >= 15 is 0 Å². The van der Waals surface area contributed by atoms with Crippen LogP contribution in [0.15, 0.2) is 56.6 Å². The summed E-state index contributed by atoms with van der Waals surface area (Å²) in [5.74, 6) is 0.758. The lowest BCUT2D eigenvalue weighted by atomic mass is 10.0. The molecule has 0 aliphatic carbocycles. The summed E-state index contributed by atoms with van der Waals surface area (Å²) in [5.41, 5.74) is 5.02. The Bertz CT molecular complexity index is 876. The number of hydrogen-bond donors (Lipinski definition) is 0. The van der Waals surface area contributed by atoms with Gasteiger partial charge in [0.2, 0.25) is 0 Å². The normalized spacial score (nSPS) is 11.0. The van der Waals surface area contributed by atoms with Gasteiger partial charge >= 0.3 is 5.63 Å². The van der Waals surface area contributed by atoms with Gasteiger partial charge in [0.05, 0.1) is 0 Å². The third-order valence-corrected chi connectivity index (χ3v) is 4.92. The molecule has 0 saturated carbocycles. The van der Waals surface area contributed by atoms with Crippen LogP contribution in [-0.4, -0.2) is 0 Å². The van der Waals surface area contributed by atoms with Crippen LogP contribution in [-0.2, 0) is 5.75 Å². The molecule has 0 saturated heterocycles. The lowest BCUT2D eigenvalue weighted by molar-refractivity contribution is 0.559. The molecule has 0 aliphatic rings. The van der Waals surface area contributed by atoms with Gasteiger partial charge < -0.3 is 4.42 Å². The van der Waals surface area contributed by atoms with Gasteiger partial charge in [-0.1, -0.05) is 17.7 Å². The predicted molar refractivity (Wildman–Crippen MR) is 92.7 cm³/mol. The average Bonchev–Trinajstić information content (AvgIpc) is 2.48. The van der Waals surface area contributed by atoms with Crippen LogP contribution < -0.4 is 5.63 Å². The fourth-order valence-electron chi connectivity index (χ4n) is 2.40. The zero-order chi connectivity index (χ0) is 15.7.